The second-order valence-electron chi connectivity index (χ2n) is 7.39. The molecule has 2 rings (SSSR count). The van der Waals surface area contributed by atoms with Crippen molar-refractivity contribution in [3.63, 3.8) is 0 Å². The van der Waals surface area contributed by atoms with Gasteiger partial charge in [0, 0.05) is 18.3 Å². The number of amides is 3. The van der Waals surface area contributed by atoms with Gasteiger partial charge in [0.05, 0.1) is 0 Å². The zero-order chi connectivity index (χ0) is 22.3. The fraction of sp³-hybridized carbons (Fsp3) is 0.421. The third-order valence-corrected chi connectivity index (χ3v) is 3.80. The summed E-state index contributed by atoms with van der Waals surface area (Å²) in [6.45, 7) is 4.80. The van der Waals surface area contributed by atoms with E-state index in [1.54, 1.807) is 32.9 Å². The third kappa shape index (κ3) is 6.85. The number of hydrazine groups is 1. The molecule has 1 aliphatic rings. The number of ether oxygens (including phenoxy) is 2. The Labute approximate surface area is 172 Å². The Bertz CT molecular complexity index is 813. The van der Waals surface area contributed by atoms with Crippen LogP contribution >= 0.6 is 0 Å². The lowest BCUT2D eigenvalue weighted by Crippen LogP contribution is -2.46. The average molecular weight is 421 g/mol. The SMILES string of the molecule is CC(C)(C)C(=O)NNCC(=O)Oc1ccc(COC(=O)ON2C(=O)CCC2=O)cc1. The number of hydrogen-bond donors (Lipinski definition) is 2. The van der Waals surface area contributed by atoms with Crippen molar-refractivity contribution in [2.75, 3.05) is 6.54 Å². The number of nitrogens with one attached hydrogen (secondary N) is 2. The highest BCUT2D eigenvalue weighted by Gasteiger charge is 2.33. The number of benzene rings is 1. The summed E-state index contributed by atoms with van der Waals surface area (Å²) in [6.07, 6.45) is -1.20. The van der Waals surface area contributed by atoms with Crippen LogP contribution < -0.4 is 15.6 Å². The molecule has 0 atom stereocenters. The first-order chi connectivity index (χ1) is 14.1. The number of imide groups is 1. The Hall–Kier alpha value is -3.47. The Morgan fingerprint density at radius 2 is 1.63 bits per heavy atom. The van der Waals surface area contributed by atoms with Crippen LogP contribution in [0.2, 0.25) is 0 Å². The van der Waals surface area contributed by atoms with Crippen molar-refractivity contribution >= 4 is 29.8 Å². The molecule has 0 aliphatic carbocycles. The van der Waals surface area contributed by atoms with E-state index in [1.165, 1.54) is 12.1 Å². The van der Waals surface area contributed by atoms with Gasteiger partial charge in [-0.2, -0.15) is 0 Å². The molecule has 0 bridgehead atoms. The van der Waals surface area contributed by atoms with Crippen molar-refractivity contribution in [2.45, 2.75) is 40.2 Å². The van der Waals surface area contributed by atoms with Crippen LogP contribution in [0.25, 0.3) is 0 Å². The first kappa shape index (κ1) is 22.8. The monoisotopic (exact) mass is 421 g/mol. The van der Waals surface area contributed by atoms with E-state index in [0.717, 1.165) is 0 Å². The quantitative estimate of drug-likeness (QED) is 0.285. The van der Waals surface area contributed by atoms with E-state index in [0.29, 0.717) is 10.6 Å². The Morgan fingerprint density at radius 1 is 1.03 bits per heavy atom. The predicted molar refractivity (Wildman–Crippen MR) is 100 cm³/mol. The smallest absolute Gasteiger partial charge is 0.428 e. The van der Waals surface area contributed by atoms with Crippen LogP contribution in [0.5, 0.6) is 5.75 Å². The molecule has 1 aromatic rings. The highest BCUT2D eigenvalue weighted by molar-refractivity contribution is 6.01. The Morgan fingerprint density at radius 3 is 2.20 bits per heavy atom. The fourth-order valence-corrected chi connectivity index (χ4v) is 2.11. The number of carbonyl (C=O) groups excluding carboxylic acids is 5. The van der Waals surface area contributed by atoms with E-state index in [-0.39, 0.29) is 37.6 Å². The van der Waals surface area contributed by atoms with Crippen molar-refractivity contribution in [3.05, 3.63) is 29.8 Å². The maximum absolute atomic E-state index is 11.8. The molecule has 0 aromatic heterocycles. The third-order valence-electron chi connectivity index (χ3n) is 3.80. The Kier molecular flexibility index (Phi) is 7.48. The highest BCUT2D eigenvalue weighted by atomic mass is 16.8. The topological polar surface area (TPSA) is 140 Å². The number of nitrogens with zero attached hydrogens (tertiary/aromatic N) is 1. The number of carbonyl (C=O) groups is 5. The van der Waals surface area contributed by atoms with Crippen LogP contribution in [0.1, 0.15) is 39.2 Å². The van der Waals surface area contributed by atoms with Crippen LogP contribution in [-0.2, 0) is 35.4 Å². The van der Waals surface area contributed by atoms with Crippen LogP contribution in [0.4, 0.5) is 4.79 Å². The molecule has 11 nitrogen and oxygen atoms in total. The van der Waals surface area contributed by atoms with Gasteiger partial charge in [-0.1, -0.05) is 38.0 Å². The summed E-state index contributed by atoms with van der Waals surface area (Å²) in [4.78, 5) is 62.4. The summed E-state index contributed by atoms with van der Waals surface area (Å²) in [7, 11) is 0. The second-order valence-corrected chi connectivity index (χ2v) is 7.39. The molecule has 3 amide bonds. The molecule has 1 fully saturated rings. The van der Waals surface area contributed by atoms with Crippen LogP contribution in [0, 0.1) is 5.41 Å². The fourth-order valence-electron chi connectivity index (χ4n) is 2.11. The van der Waals surface area contributed by atoms with E-state index in [2.05, 4.69) is 15.7 Å². The van der Waals surface area contributed by atoms with Gasteiger partial charge in [0.15, 0.2) is 0 Å². The first-order valence-electron chi connectivity index (χ1n) is 9.09. The summed E-state index contributed by atoms with van der Waals surface area (Å²) < 4.78 is 9.95. The molecule has 1 heterocycles. The molecule has 30 heavy (non-hydrogen) atoms. The second kappa shape index (κ2) is 9.83. The van der Waals surface area contributed by atoms with Crippen LogP contribution in [0.15, 0.2) is 24.3 Å². The predicted octanol–water partition coefficient (Wildman–Crippen LogP) is 0.976. The zero-order valence-corrected chi connectivity index (χ0v) is 16.9. The minimum absolute atomic E-state index is 0.00915. The van der Waals surface area contributed by atoms with Crippen molar-refractivity contribution in [1.82, 2.24) is 15.9 Å². The largest absolute Gasteiger partial charge is 0.534 e. The Balaban J connectivity index is 1.72. The van der Waals surface area contributed by atoms with Crippen molar-refractivity contribution in [2.24, 2.45) is 5.41 Å². The highest BCUT2D eigenvalue weighted by Crippen LogP contribution is 2.15. The standard InChI is InChI=1S/C19H23N3O8/c1-19(2,3)17(26)21-20-10-16(25)29-13-6-4-12(5-7-13)11-28-18(27)30-22-14(23)8-9-15(22)24/h4-7,20H,8-11H2,1-3H3,(H,21,26). The van der Waals surface area contributed by atoms with Crippen molar-refractivity contribution in [1.29, 1.82) is 0 Å². The van der Waals surface area contributed by atoms with Gasteiger partial charge in [0.1, 0.15) is 18.9 Å². The summed E-state index contributed by atoms with van der Waals surface area (Å²) in [6, 6.07) is 6.08. The van der Waals surface area contributed by atoms with Crippen LogP contribution in [0.3, 0.4) is 0 Å². The molecule has 1 aromatic carbocycles. The number of hydrogen-bond acceptors (Lipinski definition) is 9. The lowest BCUT2D eigenvalue weighted by atomic mass is 9.96. The zero-order valence-electron chi connectivity index (χ0n) is 16.9. The van der Waals surface area contributed by atoms with Crippen molar-refractivity contribution < 1.29 is 38.3 Å². The molecular weight excluding hydrogens is 398 g/mol. The van der Waals surface area contributed by atoms with Gasteiger partial charge in [0.2, 0.25) is 5.91 Å². The van der Waals surface area contributed by atoms with Gasteiger partial charge in [-0.25, -0.2) is 10.2 Å². The summed E-state index contributed by atoms with van der Waals surface area (Å²) in [5.74, 6) is -1.83. The lowest BCUT2D eigenvalue weighted by Gasteiger charge is -2.17. The minimum atomic E-state index is -1.18. The molecule has 11 heteroatoms. The maximum Gasteiger partial charge on any atom is 0.534 e. The number of rotatable bonds is 7. The van der Waals surface area contributed by atoms with Gasteiger partial charge >= 0.3 is 12.1 Å². The summed E-state index contributed by atoms with van der Waals surface area (Å²) in [5, 5.41) is 0.392. The van der Waals surface area contributed by atoms with Crippen LogP contribution in [-0.4, -0.2) is 41.5 Å². The molecule has 1 aliphatic heterocycles. The van der Waals surface area contributed by atoms with Gasteiger partial charge in [-0.3, -0.25) is 29.4 Å². The van der Waals surface area contributed by atoms with Gasteiger partial charge in [0.25, 0.3) is 11.8 Å². The molecule has 2 N–H and O–H groups in total. The summed E-state index contributed by atoms with van der Waals surface area (Å²) >= 11 is 0. The summed E-state index contributed by atoms with van der Waals surface area (Å²) in [5.41, 5.74) is 4.87. The number of hydroxylamine groups is 2. The molecule has 1 saturated heterocycles. The molecule has 0 spiro atoms. The maximum atomic E-state index is 11.8. The van der Waals surface area contributed by atoms with E-state index < -0.39 is 29.4 Å². The average Bonchev–Trinajstić information content (AvgIpc) is 2.98. The van der Waals surface area contributed by atoms with E-state index in [1.807, 2.05) is 0 Å². The lowest BCUT2D eigenvalue weighted by molar-refractivity contribution is -0.177. The molecule has 0 unspecified atom stereocenters. The van der Waals surface area contributed by atoms with E-state index in [4.69, 9.17) is 9.47 Å². The van der Waals surface area contributed by atoms with Gasteiger partial charge < -0.3 is 9.47 Å². The minimum Gasteiger partial charge on any atom is -0.428 e. The van der Waals surface area contributed by atoms with Gasteiger partial charge in [-0.05, 0) is 17.7 Å². The van der Waals surface area contributed by atoms with Crippen molar-refractivity contribution in [3.8, 4) is 5.75 Å². The van der Waals surface area contributed by atoms with Gasteiger partial charge in [-0.15, -0.1) is 0 Å². The van der Waals surface area contributed by atoms with E-state index >= 15 is 0 Å². The molecule has 0 radical (unpaired) electrons. The van der Waals surface area contributed by atoms with E-state index in [9.17, 15) is 24.0 Å². The first-order valence-corrected chi connectivity index (χ1v) is 9.09. The molecule has 162 valence electrons. The molecular formula is C19H23N3O8. The number of esters is 1. The normalized spacial score (nSPS) is 13.8. The molecule has 0 saturated carbocycles.